The summed E-state index contributed by atoms with van der Waals surface area (Å²) in [5, 5.41) is 2.91. The van der Waals surface area contributed by atoms with Crippen molar-refractivity contribution in [1.29, 1.82) is 0 Å². The van der Waals surface area contributed by atoms with Gasteiger partial charge in [-0.15, -0.1) is 13.2 Å². The summed E-state index contributed by atoms with van der Waals surface area (Å²) < 4.78 is 40.0. The van der Waals surface area contributed by atoms with Crippen LogP contribution in [0, 0.1) is 0 Å². The lowest BCUT2D eigenvalue weighted by atomic mass is 10.2. The van der Waals surface area contributed by atoms with E-state index in [1.54, 1.807) is 12.1 Å². The number of rotatable bonds is 5. The first-order valence-corrected chi connectivity index (χ1v) is 4.77. The fourth-order valence-electron chi connectivity index (χ4n) is 1.20. The zero-order valence-electron chi connectivity index (χ0n) is 8.55. The largest absolute Gasteiger partial charge is 0.573 e. The molecule has 3 nitrogen and oxygen atoms in total. The Labute approximate surface area is 91.4 Å². The van der Waals surface area contributed by atoms with Gasteiger partial charge in [-0.2, -0.15) is 0 Å². The van der Waals surface area contributed by atoms with Crippen molar-refractivity contribution in [3.8, 4) is 5.75 Å². The molecule has 0 saturated carbocycles. The zero-order chi connectivity index (χ0) is 12.0. The molecule has 0 aliphatic heterocycles. The van der Waals surface area contributed by atoms with Crippen molar-refractivity contribution >= 4 is 0 Å². The molecule has 0 heterocycles. The molecule has 0 aliphatic carbocycles. The van der Waals surface area contributed by atoms with Crippen LogP contribution in [0.2, 0.25) is 0 Å². The van der Waals surface area contributed by atoms with Crippen LogP contribution in [0.4, 0.5) is 13.2 Å². The number of ether oxygens (including phenoxy) is 1. The van der Waals surface area contributed by atoms with Crippen LogP contribution in [0.25, 0.3) is 0 Å². The van der Waals surface area contributed by atoms with Gasteiger partial charge in [0.25, 0.3) is 0 Å². The first-order valence-electron chi connectivity index (χ1n) is 4.77. The van der Waals surface area contributed by atoms with Crippen molar-refractivity contribution < 1.29 is 17.9 Å². The van der Waals surface area contributed by atoms with Crippen molar-refractivity contribution in [2.24, 2.45) is 5.73 Å². The number of benzene rings is 1. The van der Waals surface area contributed by atoms with E-state index in [9.17, 15) is 13.2 Å². The zero-order valence-corrected chi connectivity index (χ0v) is 8.55. The van der Waals surface area contributed by atoms with Crippen LogP contribution in [0.3, 0.4) is 0 Å². The molecule has 6 heteroatoms. The molecule has 0 spiro atoms. The Morgan fingerprint density at radius 2 is 1.94 bits per heavy atom. The van der Waals surface area contributed by atoms with Gasteiger partial charge in [-0.1, -0.05) is 18.2 Å². The van der Waals surface area contributed by atoms with Crippen LogP contribution in [0.1, 0.15) is 5.56 Å². The van der Waals surface area contributed by atoms with E-state index < -0.39 is 6.36 Å². The fourth-order valence-corrected chi connectivity index (χ4v) is 1.20. The minimum atomic E-state index is -4.66. The maximum Gasteiger partial charge on any atom is 0.573 e. The molecular weight excluding hydrogens is 221 g/mol. The lowest BCUT2D eigenvalue weighted by Gasteiger charge is -2.13. The lowest BCUT2D eigenvalue weighted by molar-refractivity contribution is -0.274. The Balaban J connectivity index is 2.68. The number of alkyl halides is 3. The van der Waals surface area contributed by atoms with Gasteiger partial charge >= 0.3 is 6.36 Å². The second-order valence-electron chi connectivity index (χ2n) is 3.12. The molecule has 0 bridgehead atoms. The molecule has 0 unspecified atom stereocenters. The van der Waals surface area contributed by atoms with Gasteiger partial charge in [0.05, 0.1) is 0 Å². The highest BCUT2D eigenvalue weighted by Gasteiger charge is 2.31. The summed E-state index contributed by atoms with van der Waals surface area (Å²) in [4.78, 5) is 0. The molecule has 0 fully saturated rings. The average molecular weight is 234 g/mol. The van der Waals surface area contributed by atoms with E-state index in [2.05, 4.69) is 10.1 Å². The number of nitrogens with one attached hydrogen (secondary N) is 1. The first kappa shape index (κ1) is 12.8. The van der Waals surface area contributed by atoms with Crippen LogP contribution in [0.5, 0.6) is 5.75 Å². The summed E-state index contributed by atoms with van der Waals surface area (Å²) in [6, 6.07) is 6.01. The molecule has 1 aromatic carbocycles. The highest BCUT2D eigenvalue weighted by molar-refractivity contribution is 5.33. The molecule has 1 aromatic rings. The molecule has 0 aromatic heterocycles. The Bertz CT molecular complexity index is 328. The molecule has 0 amide bonds. The second-order valence-corrected chi connectivity index (χ2v) is 3.12. The summed E-state index contributed by atoms with van der Waals surface area (Å²) in [7, 11) is 0. The Hall–Kier alpha value is -1.27. The average Bonchev–Trinajstić information content (AvgIpc) is 2.19. The topological polar surface area (TPSA) is 47.3 Å². The standard InChI is InChI=1S/C10H13F3N2O/c11-10(12,13)16-9-4-2-1-3-8(9)7-15-6-5-14/h1-4,15H,5-7,14H2. The van der Waals surface area contributed by atoms with Gasteiger partial charge in [0.2, 0.25) is 0 Å². The fraction of sp³-hybridized carbons (Fsp3) is 0.400. The number of para-hydroxylation sites is 1. The Morgan fingerprint density at radius 3 is 2.56 bits per heavy atom. The Morgan fingerprint density at radius 1 is 1.25 bits per heavy atom. The van der Waals surface area contributed by atoms with Crippen LogP contribution in [0.15, 0.2) is 24.3 Å². The molecule has 0 atom stereocenters. The summed E-state index contributed by atoms with van der Waals surface area (Å²) in [6.45, 7) is 1.27. The van der Waals surface area contributed by atoms with E-state index in [-0.39, 0.29) is 5.75 Å². The Kier molecular flexibility index (Phi) is 4.57. The summed E-state index contributed by atoms with van der Waals surface area (Å²) >= 11 is 0. The highest BCUT2D eigenvalue weighted by atomic mass is 19.4. The number of hydrogen-bond acceptors (Lipinski definition) is 3. The number of halogens is 3. The van der Waals surface area contributed by atoms with Crippen molar-refractivity contribution in [3.05, 3.63) is 29.8 Å². The van der Waals surface area contributed by atoms with Gasteiger partial charge in [0, 0.05) is 25.2 Å². The maximum absolute atomic E-state index is 12.0. The molecule has 90 valence electrons. The van der Waals surface area contributed by atoms with Gasteiger partial charge in [0.1, 0.15) is 5.75 Å². The van der Waals surface area contributed by atoms with Gasteiger partial charge in [-0.3, -0.25) is 0 Å². The van der Waals surface area contributed by atoms with Crippen LogP contribution in [-0.2, 0) is 6.54 Å². The molecule has 1 rings (SSSR count). The number of hydrogen-bond donors (Lipinski definition) is 2. The molecule has 16 heavy (non-hydrogen) atoms. The van der Waals surface area contributed by atoms with E-state index in [4.69, 9.17) is 5.73 Å². The molecular formula is C10H13F3N2O. The highest BCUT2D eigenvalue weighted by Crippen LogP contribution is 2.25. The van der Waals surface area contributed by atoms with Gasteiger partial charge < -0.3 is 15.8 Å². The third-order valence-electron chi connectivity index (χ3n) is 1.83. The molecule has 0 saturated heterocycles. The van der Waals surface area contributed by atoms with E-state index in [0.29, 0.717) is 25.2 Å². The quantitative estimate of drug-likeness (QED) is 0.761. The third kappa shape index (κ3) is 4.50. The van der Waals surface area contributed by atoms with Crippen LogP contribution >= 0.6 is 0 Å². The van der Waals surface area contributed by atoms with Gasteiger partial charge in [-0.25, -0.2) is 0 Å². The predicted molar refractivity (Wildman–Crippen MR) is 53.9 cm³/mol. The monoisotopic (exact) mass is 234 g/mol. The molecule has 0 aliphatic rings. The number of nitrogens with two attached hydrogens (primary N) is 1. The molecule has 3 N–H and O–H groups in total. The van der Waals surface area contributed by atoms with E-state index in [1.807, 2.05) is 0 Å². The third-order valence-corrected chi connectivity index (χ3v) is 1.83. The van der Waals surface area contributed by atoms with E-state index in [0.717, 1.165) is 0 Å². The summed E-state index contributed by atoms with van der Waals surface area (Å²) in [6.07, 6.45) is -4.66. The predicted octanol–water partition coefficient (Wildman–Crippen LogP) is 1.63. The normalized spacial score (nSPS) is 11.5. The second kappa shape index (κ2) is 5.72. The van der Waals surface area contributed by atoms with Crippen LogP contribution < -0.4 is 15.8 Å². The first-order chi connectivity index (χ1) is 7.53. The maximum atomic E-state index is 12.0. The smallest absolute Gasteiger partial charge is 0.405 e. The van der Waals surface area contributed by atoms with Crippen molar-refractivity contribution in [2.75, 3.05) is 13.1 Å². The SMILES string of the molecule is NCCNCc1ccccc1OC(F)(F)F. The van der Waals surface area contributed by atoms with Crippen molar-refractivity contribution in [1.82, 2.24) is 5.32 Å². The van der Waals surface area contributed by atoms with Crippen molar-refractivity contribution in [2.45, 2.75) is 12.9 Å². The minimum Gasteiger partial charge on any atom is -0.405 e. The molecule has 0 radical (unpaired) electrons. The minimum absolute atomic E-state index is 0.181. The van der Waals surface area contributed by atoms with Gasteiger partial charge in [-0.05, 0) is 6.07 Å². The van der Waals surface area contributed by atoms with Crippen LogP contribution in [-0.4, -0.2) is 19.5 Å². The van der Waals surface area contributed by atoms with E-state index >= 15 is 0 Å². The van der Waals surface area contributed by atoms with Gasteiger partial charge in [0.15, 0.2) is 0 Å². The van der Waals surface area contributed by atoms with E-state index in [1.165, 1.54) is 12.1 Å². The summed E-state index contributed by atoms with van der Waals surface area (Å²) in [5.41, 5.74) is 5.71. The lowest BCUT2D eigenvalue weighted by Crippen LogP contribution is -2.23. The summed E-state index contributed by atoms with van der Waals surface area (Å²) in [5.74, 6) is -0.181. The van der Waals surface area contributed by atoms with Crippen molar-refractivity contribution in [3.63, 3.8) is 0 Å².